The monoisotopic (exact) mass is 482 g/mol. The van der Waals surface area contributed by atoms with E-state index < -0.39 is 0 Å². The van der Waals surface area contributed by atoms with Gasteiger partial charge in [0.2, 0.25) is 0 Å². The van der Waals surface area contributed by atoms with Crippen molar-refractivity contribution in [1.29, 1.82) is 0 Å². The van der Waals surface area contributed by atoms with Crippen LogP contribution in [0.5, 0.6) is 0 Å². The van der Waals surface area contributed by atoms with Crippen molar-refractivity contribution in [2.45, 2.75) is 52.4 Å². The molecule has 0 unspecified atom stereocenters. The molecule has 0 saturated heterocycles. The molecule has 8 nitrogen and oxygen atoms in total. The van der Waals surface area contributed by atoms with Crippen molar-refractivity contribution in [3.8, 4) is 0 Å². The maximum atomic E-state index is 13.1. The van der Waals surface area contributed by atoms with Crippen LogP contribution in [-0.2, 0) is 26.1 Å². The maximum absolute atomic E-state index is 13.1. The minimum Gasteiger partial charge on any atom is -0.468 e. The van der Waals surface area contributed by atoms with E-state index in [0.717, 1.165) is 40.9 Å². The highest BCUT2D eigenvalue weighted by Crippen LogP contribution is 2.27. The number of rotatable bonds is 10. The molecule has 0 aliphatic carbocycles. The van der Waals surface area contributed by atoms with Crippen LogP contribution in [0.25, 0.3) is 10.9 Å². The molecule has 0 saturated carbocycles. The van der Waals surface area contributed by atoms with E-state index in [-0.39, 0.29) is 11.6 Å². The van der Waals surface area contributed by atoms with Crippen LogP contribution in [0.1, 0.15) is 47.7 Å². The van der Waals surface area contributed by atoms with Crippen LogP contribution in [0.3, 0.4) is 0 Å². The molecule has 5 aromatic rings. The van der Waals surface area contributed by atoms with Crippen LogP contribution in [0.15, 0.2) is 82.2 Å². The summed E-state index contributed by atoms with van der Waals surface area (Å²) in [5.41, 5.74) is 3.77. The summed E-state index contributed by atoms with van der Waals surface area (Å²) in [6.07, 6.45) is 3.28. The van der Waals surface area contributed by atoms with E-state index in [4.69, 9.17) is 4.42 Å². The maximum Gasteiger partial charge on any atom is 0.252 e. The third-order valence-corrected chi connectivity index (χ3v) is 6.62. The number of furan rings is 1. The molecular formula is C28H30N6O2. The van der Waals surface area contributed by atoms with Crippen molar-refractivity contribution in [2.75, 3.05) is 0 Å². The SMILES string of the molecule is CC[C@H](c1nnnn1CCc1ccccc1)N(Cc1ccco1)Cc1cc2cccc(C)c2[nH]c1=O. The Balaban J connectivity index is 1.46. The fourth-order valence-corrected chi connectivity index (χ4v) is 4.74. The first kappa shape index (κ1) is 23.7. The Morgan fingerprint density at radius 3 is 2.69 bits per heavy atom. The molecule has 0 fully saturated rings. The van der Waals surface area contributed by atoms with Crippen molar-refractivity contribution in [3.63, 3.8) is 0 Å². The van der Waals surface area contributed by atoms with Crippen LogP contribution in [-0.4, -0.2) is 30.1 Å². The number of aromatic nitrogens is 5. The van der Waals surface area contributed by atoms with E-state index in [9.17, 15) is 4.79 Å². The molecule has 2 aromatic carbocycles. The van der Waals surface area contributed by atoms with Crippen LogP contribution in [0.4, 0.5) is 0 Å². The van der Waals surface area contributed by atoms with E-state index in [0.29, 0.717) is 25.2 Å². The van der Waals surface area contributed by atoms with Crippen molar-refractivity contribution in [3.05, 3.63) is 112 Å². The summed E-state index contributed by atoms with van der Waals surface area (Å²) in [6, 6.07) is 22.1. The molecule has 1 N–H and O–H groups in total. The summed E-state index contributed by atoms with van der Waals surface area (Å²) in [7, 11) is 0. The zero-order valence-corrected chi connectivity index (χ0v) is 20.6. The zero-order chi connectivity index (χ0) is 24.9. The number of hydrogen-bond acceptors (Lipinski definition) is 6. The molecule has 5 rings (SSSR count). The Labute approximate surface area is 209 Å². The second-order valence-electron chi connectivity index (χ2n) is 9.07. The second kappa shape index (κ2) is 10.7. The Morgan fingerprint density at radius 2 is 1.92 bits per heavy atom. The number of tetrazole rings is 1. The summed E-state index contributed by atoms with van der Waals surface area (Å²) in [6.45, 7) is 5.76. The first-order valence-corrected chi connectivity index (χ1v) is 12.3. The summed E-state index contributed by atoms with van der Waals surface area (Å²) in [4.78, 5) is 18.4. The molecule has 8 heteroatoms. The molecule has 3 heterocycles. The number of benzene rings is 2. The van der Waals surface area contributed by atoms with Crippen LogP contribution < -0.4 is 5.56 Å². The number of para-hydroxylation sites is 1. The van der Waals surface area contributed by atoms with Gasteiger partial charge in [-0.05, 0) is 64.9 Å². The number of fused-ring (bicyclic) bond motifs is 1. The predicted molar refractivity (Wildman–Crippen MR) is 138 cm³/mol. The number of H-pyrrole nitrogens is 1. The minimum atomic E-state index is -0.103. The Hall–Kier alpha value is -4.04. The molecule has 3 aromatic heterocycles. The Bertz CT molecular complexity index is 1470. The molecule has 0 bridgehead atoms. The first-order chi connectivity index (χ1) is 17.6. The molecule has 0 aliphatic heterocycles. The van der Waals surface area contributed by atoms with E-state index in [2.05, 4.69) is 44.5 Å². The summed E-state index contributed by atoms with van der Waals surface area (Å²) in [5.74, 6) is 1.61. The highest BCUT2D eigenvalue weighted by Gasteiger charge is 2.26. The summed E-state index contributed by atoms with van der Waals surface area (Å²) in [5, 5.41) is 13.7. The number of nitrogens with one attached hydrogen (secondary N) is 1. The van der Waals surface area contributed by atoms with Gasteiger partial charge in [-0.15, -0.1) is 5.10 Å². The number of nitrogens with zero attached hydrogens (tertiary/aromatic N) is 5. The van der Waals surface area contributed by atoms with E-state index in [1.807, 2.05) is 66.2 Å². The Morgan fingerprint density at radius 1 is 1.06 bits per heavy atom. The fourth-order valence-electron chi connectivity index (χ4n) is 4.74. The lowest BCUT2D eigenvalue weighted by Gasteiger charge is -2.29. The molecule has 0 amide bonds. The van der Waals surface area contributed by atoms with E-state index in [1.165, 1.54) is 5.56 Å². The van der Waals surface area contributed by atoms with Gasteiger partial charge in [0, 0.05) is 18.7 Å². The molecule has 0 aliphatic rings. The number of pyridine rings is 1. The largest absolute Gasteiger partial charge is 0.468 e. The third-order valence-electron chi connectivity index (χ3n) is 6.62. The lowest BCUT2D eigenvalue weighted by atomic mass is 10.1. The van der Waals surface area contributed by atoms with Gasteiger partial charge in [-0.2, -0.15) is 0 Å². The zero-order valence-electron chi connectivity index (χ0n) is 20.6. The lowest BCUT2D eigenvalue weighted by Crippen LogP contribution is -2.32. The van der Waals surface area contributed by atoms with Gasteiger partial charge in [-0.1, -0.05) is 55.5 Å². The molecule has 0 spiro atoms. The third kappa shape index (κ3) is 5.13. The van der Waals surface area contributed by atoms with Gasteiger partial charge in [0.15, 0.2) is 5.82 Å². The number of hydrogen-bond donors (Lipinski definition) is 1. The standard InChI is InChI=1S/C28H30N6O2/c1-3-25(27-30-31-32-34(27)15-14-21-10-5-4-6-11-21)33(19-24-13-8-16-36-24)18-23-17-22-12-7-9-20(2)26(22)29-28(23)35/h4-13,16-17,25H,3,14-15,18-19H2,1-2H3,(H,29,35)/t25-/m1/s1. The first-order valence-electron chi connectivity index (χ1n) is 12.3. The topological polar surface area (TPSA) is 92.8 Å². The normalized spacial score (nSPS) is 12.4. The van der Waals surface area contributed by atoms with Crippen LogP contribution in [0.2, 0.25) is 0 Å². The van der Waals surface area contributed by atoms with Crippen molar-refractivity contribution in [1.82, 2.24) is 30.1 Å². The number of aromatic amines is 1. The van der Waals surface area contributed by atoms with Crippen LogP contribution in [0, 0.1) is 6.92 Å². The van der Waals surface area contributed by atoms with Gasteiger partial charge in [0.05, 0.1) is 24.4 Å². The second-order valence-corrected chi connectivity index (χ2v) is 9.07. The average molecular weight is 483 g/mol. The van der Waals surface area contributed by atoms with E-state index in [1.54, 1.807) is 6.26 Å². The molecule has 1 atom stereocenters. The van der Waals surface area contributed by atoms with Crippen molar-refractivity contribution < 1.29 is 4.42 Å². The van der Waals surface area contributed by atoms with Crippen LogP contribution >= 0.6 is 0 Å². The highest BCUT2D eigenvalue weighted by atomic mass is 16.3. The quantitative estimate of drug-likeness (QED) is 0.307. The molecule has 0 radical (unpaired) electrons. The molecule has 184 valence electrons. The van der Waals surface area contributed by atoms with E-state index >= 15 is 0 Å². The summed E-state index contributed by atoms with van der Waals surface area (Å²) < 4.78 is 7.56. The fraction of sp³-hybridized carbons (Fsp3) is 0.286. The van der Waals surface area contributed by atoms with Crippen molar-refractivity contribution in [2.24, 2.45) is 0 Å². The van der Waals surface area contributed by atoms with Gasteiger partial charge in [0.25, 0.3) is 5.56 Å². The predicted octanol–water partition coefficient (Wildman–Crippen LogP) is 4.81. The van der Waals surface area contributed by atoms with Gasteiger partial charge >= 0.3 is 0 Å². The number of aryl methyl sites for hydroxylation is 3. The van der Waals surface area contributed by atoms with Gasteiger partial charge < -0.3 is 9.40 Å². The smallest absolute Gasteiger partial charge is 0.252 e. The minimum absolute atomic E-state index is 0.0835. The van der Waals surface area contributed by atoms with Gasteiger partial charge in [0.1, 0.15) is 5.76 Å². The van der Waals surface area contributed by atoms with Gasteiger partial charge in [-0.3, -0.25) is 9.69 Å². The highest BCUT2D eigenvalue weighted by molar-refractivity contribution is 5.81. The Kier molecular flexibility index (Phi) is 7.04. The van der Waals surface area contributed by atoms with Crippen molar-refractivity contribution >= 4 is 10.9 Å². The lowest BCUT2D eigenvalue weighted by molar-refractivity contribution is 0.148. The summed E-state index contributed by atoms with van der Waals surface area (Å²) >= 11 is 0. The molecular weight excluding hydrogens is 452 g/mol. The van der Waals surface area contributed by atoms with Gasteiger partial charge in [-0.25, -0.2) is 4.68 Å². The average Bonchev–Trinajstić information content (AvgIpc) is 3.57. The molecule has 36 heavy (non-hydrogen) atoms.